The molecule has 6 heteroatoms. The summed E-state index contributed by atoms with van der Waals surface area (Å²) in [5, 5.41) is 0. The summed E-state index contributed by atoms with van der Waals surface area (Å²) in [6.07, 6.45) is 4.35. The number of benzene rings is 1. The van der Waals surface area contributed by atoms with Crippen molar-refractivity contribution < 1.29 is 12.8 Å². The highest BCUT2D eigenvalue weighted by atomic mass is 32.2. The minimum absolute atomic E-state index is 0.210. The van der Waals surface area contributed by atoms with Crippen molar-refractivity contribution in [2.24, 2.45) is 5.92 Å². The molecule has 1 fully saturated rings. The van der Waals surface area contributed by atoms with E-state index in [1.807, 2.05) is 0 Å². The number of hydrogen-bond donors (Lipinski definition) is 2. The van der Waals surface area contributed by atoms with Crippen LogP contribution >= 0.6 is 0 Å². The fourth-order valence-electron chi connectivity index (χ4n) is 2.25. The Hall–Kier alpha value is -1.14. The van der Waals surface area contributed by atoms with Gasteiger partial charge in [0.05, 0.1) is 0 Å². The maximum absolute atomic E-state index is 13.5. The fraction of sp³-hybridized carbons (Fsp3) is 0.500. The van der Waals surface area contributed by atoms with Crippen LogP contribution in [0.1, 0.15) is 25.7 Å². The van der Waals surface area contributed by atoms with Gasteiger partial charge in [-0.05, 0) is 37.0 Å². The van der Waals surface area contributed by atoms with Crippen molar-refractivity contribution in [2.75, 3.05) is 12.3 Å². The molecule has 1 saturated carbocycles. The van der Waals surface area contributed by atoms with Gasteiger partial charge in [-0.15, -0.1) is 0 Å². The molecule has 1 aliphatic carbocycles. The second-order valence-electron chi connectivity index (χ2n) is 4.69. The molecule has 0 radical (unpaired) electrons. The van der Waals surface area contributed by atoms with Crippen molar-refractivity contribution in [2.45, 2.75) is 30.6 Å². The zero-order chi connectivity index (χ0) is 13.2. The van der Waals surface area contributed by atoms with Crippen molar-refractivity contribution >= 4 is 15.7 Å². The zero-order valence-electron chi connectivity index (χ0n) is 10.0. The Morgan fingerprint density at radius 1 is 1.33 bits per heavy atom. The van der Waals surface area contributed by atoms with Gasteiger partial charge in [0.1, 0.15) is 10.7 Å². The Balaban J connectivity index is 2.09. The van der Waals surface area contributed by atoms with Crippen LogP contribution in [0.25, 0.3) is 0 Å². The minimum atomic E-state index is -3.78. The van der Waals surface area contributed by atoms with Crippen molar-refractivity contribution in [3.63, 3.8) is 0 Å². The van der Waals surface area contributed by atoms with Crippen LogP contribution in [0.15, 0.2) is 23.1 Å². The molecular weight excluding hydrogens is 255 g/mol. The van der Waals surface area contributed by atoms with Gasteiger partial charge < -0.3 is 5.73 Å². The summed E-state index contributed by atoms with van der Waals surface area (Å²) in [5.41, 5.74) is 5.60. The molecule has 1 aromatic carbocycles. The zero-order valence-corrected chi connectivity index (χ0v) is 10.8. The Labute approximate surface area is 106 Å². The first-order valence-electron chi connectivity index (χ1n) is 6.04. The van der Waals surface area contributed by atoms with Gasteiger partial charge in [-0.25, -0.2) is 17.5 Å². The van der Waals surface area contributed by atoms with Crippen LogP contribution in [0.4, 0.5) is 10.1 Å². The van der Waals surface area contributed by atoms with Gasteiger partial charge in [0.15, 0.2) is 0 Å². The number of nitrogens with two attached hydrogens (primary N) is 1. The molecule has 0 amide bonds. The molecule has 4 nitrogen and oxygen atoms in total. The SMILES string of the molecule is Nc1ccc(S(=O)(=O)NCC2CCCC2)c(F)c1. The second-order valence-corrected chi connectivity index (χ2v) is 6.43. The van der Waals surface area contributed by atoms with E-state index >= 15 is 0 Å². The van der Waals surface area contributed by atoms with E-state index in [-0.39, 0.29) is 10.6 Å². The Morgan fingerprint density at radius 3 is 2.61 bits per heavy atom. The summed E-state index contributed by atoms with van der Waals surface area (Å²) in [6.45, 7) is 0.381. The molecule has 1 aromatic rings. The predicted octanol–water partition coefficient (Wildman–Crippen LogP) is 1.88. The molecule has 0 atom stereocenters. The van der Waals surface area contributed by atoms with Gasteiger partial charge in [0.2, 0.25) is 10.0 Å². The van der Waals surface area contributed by atoms with E-state index in [4.69, 9.17) is 5.73 Å². The predicted molar refractivity (Wildman–Crippen MR) is 68.0 cm³/mol. The maximum Gasteiger partial charge on any atom is 0.243 e. The van der Waals surface area contributed by atoms with Crippen LogP contribution in [-0.2, 0) is 10.0 Å². The van der Waals surface area contributed by atoms with Crippen LogP contribution in [0.2, 0.25) is 0 Å². The number of sulfonamides is 1. The normalized spacial score (nSPS) is 17.2. The molecule has 0 aromatic heterocycles. The largest absolute Gasteiger partial charge is 0.399 e. The van der Waals surface area contributed by atoms with Gasteiger partial charge in [-0.1, -0.05) is 12.8 Å². The summed E-state index contributed by atoms with van der Waals surface area (Å²) in [7, 11) is -3.78. The summed E-state index contributed by atoms with van der Waals surface area (Å²) in [5.74, 6) is -0.439. The summed E-state index contributed by atoms with van der Waals surface area (Å²) < 4.78 is 39.9. The van der Waals surface area contributed by atoms with E-state index in [2.05, 4.69) is 4.72 Å². The Bertz CT molecular complexity index is 525. The van der Waals surface area contributed by atoms with Gasteiger partial charge in [-0.3, -0.25) is 0 Å². The number of halogens is 1. The highest BCUT2D eigenvalue weighted by Gasteiger charge is 2.22. The Kier molecular flexibility index (Phi) is 3.87. The molecular formula is C12H17FN2O2S. The molecule has 0 heterocycles. The molecule has 0 saturated heterocycles. The first-order valence-corrected chi connectivity index (χ1v) is 7.52. The molecule has 100 valence electrons. The van der Waals surface area contributed by atoms with Crippen LogP contribution in [0.5, 0.6) is 0 Å². The lowest BCUT2D eigenvalue weighted by molar-refractivity contribution is 0.514. The van der Waals surface area contributed by atoms with E-state index in [1.165, 1.54) is 12.1 Å². The van der Waals surface area contributed by atoms with Gasteiger partial charge in [0.25, 0.3) is 0 Å². The van der Waals surface area contributed by atoms with Crippen molar-refractivity contribution in [1.82, 2.24) is 4.72 Å². The topological polar surface area (TPSA) is 72.2 Å². The summed E-state index contributed by atoms with van der Waals surface area (Å²) >= 11 is 0. The van der Waals surface area contributed by atoms with Gasteiger partial charge >= 0.3 is 0 Å². The number of hydrogen-bond acceptors (Lipinski definition) is 3. The van der Waals surface area contributed by atoms with Crippen LogP contribution in [0, 0.1) is 11.7 Å². The molecule has 0 spiro atoms. The van der Waals surface area contributed by atoms with E-state index < -0.39 is 15.8 Å². The molecule has 2 rings (SSSR count). The van der Waals surface area contributed by atoms with Gasteiger partial charge in [-0.2, -0.15) is 0 Å². The maximum atomic E-state index is 13.5. The minimum Gasteiger partial charge on any atom is -0.399 e. The van der Waals surface area contributed by atoms with E-state index in [1.54, 1.807) is 0 Å². The van der Waals surface area contributed by atoms with E-state index in [0.29, 0.717) is 12.5 Å². The molecule has 18 heavy (non-hydrogen) atoms. The average molecular weight is 272 g/mol. The number of rotatable bonds is 4. The molecule has 0 bridgehead atoms. The van der Waals surface area contributed by atoms with Crippen LogP contribution in [0.3, 0.4) is 0 Å². The third-order valence-electron chi connectivity index (χ3n) is 3.28. The van der Waals surface area contributed by atoms with Gasteiger partial charge in [0, 0.05) is 12.2 Å². The summed E-state index contributed by atoms with van der Waals surface area (Å²) in [6, 6.07) is 3.60. The average Bonchev–Trinajstić information content (AvgIpc) is 2.78. The lowest BCUT2D eigenvalue weighted by atomic mass is 10.1. The van der Waals surface area contributed by atoms with E-state index in [9.17, 15) is 12.8 Å². The smallest absolute Gasteiger partial charge is 0.243 e. The Morgan fingerprint density at radius 2 is 2.00 bits per heavy atom. The fourth-order valence-corrected chi connectivity index (χ4v) is 3.43. The number of anilines is 1. The highest BCUT2D eigenvalue weighted by Crippen LogP contribution is 2.24. The van der Waals surface area contributed by atoms with Crippen LogP contribution in [-0.4, -0.2) is 15.0 Å². The standard InChI is InChI=1S/C12H17FN2O2S/c13-11-7-10(14)5-6-12(11)18(16,17)15-8-9-3-1-2-4-9/h5-7,9,15H,1-4,8,14H2. The number of nitrogen functional groups attached to an aromatic ring is 1. The van der Waals surface area contributed by atoms with Crippen molar-refractivity contribution in [1.29, 1.82) is 0 Å². The highest BCUT2D eigenvalue weighted by molar-refractivity contribution is 7.89. The first-order chi connectivity index (χ1) is 8.49. The third kappa shape index (κ3) is 3.00. The van der Waals surface area contributed by atoms with Crippen molar-refractivity contribution in [3.05, 3.63) is 24.0 Å². The molecule has 0 unspecified atom stereocenters. The molecule has 1 aliphatic rings. The monoisotopic (exact) mass is 272 g/mol. The lowest BCUT2D eigenvalue weighted by Crippen LogP contribution is -2.29. The first kappa shape index (κ1) is 13.3. The third-order valence-corrected chi connectivity index (χ3v) is 4.74. The quantitative estimate of drug-likeness (QED) is 0.822. The van der Waals surface area contributed by atoms with Crippen LogP contribution < -0.4 is 10.5 Å². The number of nitrogens with one attached hydrogen (secondary N) is 1. The second kappa shape index (κ2) is 5.24. The summed E-state index contributed by atoms with van der Waals surface area (Å²) in [4.78, 5) is -0.338. The van der Waals surface area contributed by atoms with Crippen molar-refractivity contribution in [3.8, 4) is 0 Å². The molecule has 3 N–H and O–H groups in total. The van der Waals surface area contributed by atoms with E-state index in [0.717, 1.165) is 31.7 Å². The molecule has 0 aliphatic heterocycles. The lowest BCUT2D eigenvalue weighted by Gasteiger charge is -2.11.